The van der Waals surface area contributed by atoms with Crippen molar-refractivity contribution >= 4 is 40.8 Å². The minimum atomic E-state index is -0.783. The molecule has 0 spiro atoms. The van der Waals surface area contributed by atoms with Crippen LogP contribution >= 0.6 is 12.2 Å². The van der Waals surface area contributed by atoms with Gasteiger partial charge in [-0.15, -0.1) is 6.58 Å². The number of halogens is 1. The standard InChI is InChI=1S/C24H24FN3O4S/c1-3-13-27-20(22(30)28(24(27)33)15-16-5-9-18(25)10-6-16)14-21(29)26-19-11-7-17(8-12-19)23(31)32-4-2/h3,5-12,20H,1,4,13-15H2,2H3,(H,26,29)/t20-/m1/s1. The molecule has 0 saturated carbocycles. The molecule has 1 atom stereocenters. The zero-order chi connectivity index (χ0) is 24.0. The number of anilines is 1. The average molecular weight is 470 g/mol. The maximum Gasteiger partial charge on any atom is 0.338 e. The Hall–Kier alpha value is -3.59. The van der Waals surface area contributed by atoms with Crippen LogP contribution < -0.4 is 5.32 Å². The topological polar surface area (TPSA) is 79.0 Å². The summed E-state index contributed by atoms with van der Waals surface area (Å²) in [7, 11) is 0. The monoisotopic (exact) mass is 469 g/mol. The second-order valence-corrected chi connectivity index (χ2v) is 7.71. The Morgan fingerprint density at radius 2 is 1.85 bits per heavy atom. The van der Waals surface area contributed by atoms with Crippen molar-refractivity contribution in [2.75, 3.05) is 18.5 Å². The number of amides is 2. The van der Waals surface area contributed by atoms with Gasteiger partial charge in [0.15, 0.2) is 5.11 Å². The van der Waals surface area contributed by atoms with Gasteiger partial charge in [0.2, 0.25) is 5.91 Å². The highest BCUT2D eigenvalue weighted by Gasteiger charge is 2.42. The van der Waals surface area contributed by atoms with E-state index in [1.165, 1.54) is 17.0 Å². The Morgan fingerprint density at radius 1 is 1.18 bits per heavy atom. The van der Waals surface area contributed by atoms with Crippen LogP contribution in [0.15, 0.2) is 61.2 Å². The van der Waals surface area contributed by atoms with E-state index < -0.39 is 12.0 Å². The molecule has 7 nitrogen and oxygen atoms in total. The Balaban J connectivity index is 1.68. The summed E-state index contributed by atoms with van der Waals surface area (Å²) < 4.78 is 18.1. The number of rotatable bonds is 9. The first-order valence-electron chi connectivity index (χ1n) is 10.4. The van der Waals surface area contributed by atoms with Crippen LogP contribution in [0.5, 0.6) is 0 Å². The van der Waals surface area contributed by atoms with E-state index in [4.69, 9.17) is 17.0 Å². The van der Waals surface area contributed by atoms with Crippen LogP contribution in [0.2, 0.25) is 0 Å². The van der Waals surface area contributed by atoms with Gasteiger partial charge in [-0.25, -0.2) is 9.18 Å². The summed E-state index contributed by atoms with van der Waals surface area (Å²) >= 11 is 5.48. The molecule has 1 aliphatic rings. The summed E-state index contributed by atoms with van der Waals surface area (Å²) in [6.07, 6.45) is 1.49. The molecule has 0 unspecified atom stereocenters. The van der Waals surface area contributed by atoms with Gasteiger partial charge in [-0.1, -0.05) is 18.2 Å². The van der Waals surface area contributed by atoms with E-state index in [1.807, 2.05) is 0 Å². The highest BCUT2D eigenvalue weighted by molar-refractivity contribution is 7.80. The Kier molecular flexibility index (Phi) is 7.89. The second kappa shape index (κ2) is 10.8. The number of hydrogen-bond acceptors (Lipinski definition) is 5. The number of carbonyl (C=O) groups excluding carboxylic acids is 3. The van der Waals surface area contributed by atoms with Gasteiger partial charge in [0, 0.05) is 12.2 Å². The maximum atomic E-state index is 13.2. The summed E-state index contributed by atoms with van der Waals surface area (Å²) in [6.45, 7) is 6.18. The maximum absolute atomic E-state index is 13.2. The number of ether oxygens (including phenoxy) is 1. The molecule has 1 aliphatic heterocycles. The summed E-state index contributed by atoms with van der Waals surface area (Å²) in [5, 5.41) is 3.03. The van der Waals surface area contributed by atoms with Crippen LogP contribution in [-0.4, -0.2) is 51.9 Å². The highest BCUT2D eigenvalue weighted by Crippen LogP contribution is 2.24. The molecule has 172 valence electrons. The van der Waals surface area contributed by atoms with E-state index in [-0.39, 0.29) is 37.2 Å². The lowest BCUT2D eigenvalue weighted by Crippen LogP contribution is -2.37. The number of thiocarbonyl (C=S) groups is 1. The van der Waals surface area contributed by atoms with Gasteiger partial charge in [0.25, 0.3) is 5.91 Å². The molecule has 2 aromatic rings. The molecular formula is C24H24FN3O4S. The van der Waals surface area contributed by atoms with Crippen molar-refractivity contribution in [3.63, 3.8) is 0 Å². The predicted molar refractivity (Wildman–Crippen MR) is 126 cm³/mol. The van der Waals surface area contributed by atoms with Gasteiger partial charge in [-0.3, -0.25) is 14.5 Å². The summed E-state index contributed by atoms with van der Waals surface area (Å²) in [6, 6.07) is 11.3. The third-order valence-electron chi connectivity index (χ3n) is 5.04. The zero-order valence-corrected chi connectivity index (χ0v) is 18.9. The van der Waals surface area contributed by atoms with Gasteiger partial charge in [0.1, 0.15) is 11.9 Å². The Bertz CT molecular complexity index is 1060. The molecule has 1 N–H and O–H groups in total. The largest absolute Gasteiger partial charge is 0.462 e. The summed E-state index contributed by atoms with van der Waals surface area (Å²) in [5.74, 6) is -1.49. The number of esters is 1. The summed E-state index contributed by atoms with van der Waals surface area (Å²) in [4.78, 5) is 40.6. The van der Waals surface area contributed by atoms with Crippen LogP contribution in [0.3, 0.4) is 0 Å². The van der Waals surface area contributed by atoms with Crippen LogP contribution in [0.1, 0.15) is 29.3 Å². The predicted octanol–water partition coefficient (Wildman–Crippen LogP) is 3.51. The Morgan fingerprint density at radius 3 is 2.45 bits per heavy atom. The van der Waals surface area contributed by atoms with Gasteiger partial charge in [0.05, 0.1) is 25.1 Å². The normalized spacial score (nSPS) is 15.5. The molecule has 2 amide bonds. The molecular weight excluding hydrogens is 445 g/mol. The fourth-order valence-electron chi connectivity index (χ4n) is 3.45. The number of benzene rings is 2. The van der Waals surface area contributed by atoms with Crippen molar-refractivity contribution in [3.05, 3.63) is 78.1 Å². The smallest absolute Gasteiger partial charge is 0.338 e. The van der Waals surface area contributed by atoms with Gasteiger partial charge in [-0.2, -0.15) is 0 Å². The molecule has 3 rings (SSSR count). The lowest BCUT2D eigenvalue weighted by molar-refractivity contribution is -0.130. The number of hydrogen-bond donors (Lipinski definition) is 1. The van der Waals surface area contributed by atoms with E-state index in [1.54, 1.807) is 54.3 Å². The van der Waals surface area contributed by atoms with Crippen molar-refractivity contribution in [2.45, 2.75) is 25.9 Å². The average Bonchev–Trinajstić information content (AvgIpc) is 3.00. The van der Waals surface area contributed by atoms with Gasteiger partial charge < -0.3 is 15.0 Å². The van der Waals surface area contributed by atoms with E-state index in [0.717, 1.165) is 5.56 Å². The first-order valence-corrected chi connectivity index (χ1v) is 10.8. The molecule has 0 aromatic heterocycles. The molecule has 1 heterocycles. The first-order chi connectivity index (χ1) is 15.8. The molecule has 0 radical (unpaired) electrons. The lowest BCUT2D eigenvalue weighted by atomic mass is 10.1. The van der Waals surface area contributed by atoms with Crippen LogP contribution in [-0.2, 0) is 20.9 Å². The van der Waals surface area contributed by atoms with E-state index in [0.29, 0.717) is 22.9 Å². The fraction of sp³-hybridized carbons (Fsp3) is 0.250. The molecule has 2 aromatic carbocycles. The minimum absolute atomic E-state index is 0.119. The first kappa shape index (κ1) is 24.1. The molecule has 0 aliphatic carbocycles. The minimum Gasteiger partial charge on any atom is -0.462 e. The Labute approximate surface area is 196 Å². The number of carbonyl (C=O) groups is 3. The van der Waals surface area contributed by atoms with Crippen LogP contribution in [0, 0.1) is 5.82 Å². The van der Waals surface area contributed by atoms with Crippen molar-refractivity contribution in [1.29, 1.82) is 0 Å². The van der Waals surface area contributed by atoms with Crippen molar-refractivity contribution < 1.29 is 23.5 Å². The third kappa shape index (κ3) is 5.81. The van der Waals surface area contributed by atoms with Crippen molar-refractivity contribution in [2.24, 2.45) is 0 Å². The molecule has 0 bridgehead atoms. The van der Waals surface area contributed by atoms with Gasteiger partial charge >= 0.3 is 5.97 Å². The van der Waals surface area contributed by atoms with Crippen LogP contribution in [0.25, 0.3) is 0 Å². The summed E-state index contributed by atoms with van der Waals surface area (Å²) in [5.41, 5.74) is 1.58. The highest BCUT2D eigenvalue weighted by atomic mass is 32.1. The van der Waals surface area contributed by atoms with E-state index >= 15 is 0 Å². The molecule has 1 saturated heterocycles. The van der Waals surface area contributed by atoms with Crippen molar-refractivity contribution in [3.8, 4) is 0 Å². The molecule has 33 heavy (non-hydrogen) atoms. The van der Waals surface area contributed by atoms with E-state index in [2.05, 4.69) is 11.9 Å². The second-order valence-electron chi connectivity index (χ2n) is 7.34. The van der Waals surface area contributed by atoms with Crippen LogP contribution in [0.4, 0.5) is 10.1 Å². The lowest BCUT2D eigenvalue weighted by Gasteiger charge is -2.22. The number of nitrogens with zero attached hydrogens (tertiary/aromatic N) is 2. The zero-order valence-electron chi connectivity index (χ0n) is 18.1. The fourth-order valence-corrected chi connectivity index (χ4v) is 3.80. The third-order valence-corrected chi connectivity index (χ3v) is 5.50. The van der Waals surface area contributed by atoms with E-state index in [9.17, 15) is 18.8 Å². The van der Waals surface area contributed by atoms with Crippen molar-refractivity contribution in [1.82, 2.24) is 9.80 Å². The molecule has 1 fully saturated rings. The SMILES string of the molecule is C=CCN1C(=S)N(Cc2ccc(F)cc2)C(=O)[C@H]1CC(=O)Nc1ccc(C(=O)OCC)cc1. The quantitative estimate of drug-likeness (QED) is 0.344. The van der Waals surface area contributed by atoms with Gasteiger partial charge in [-0.05, 0) is 61.1 Å². The molecule has 9 heteroatoms. The number of nitrogens with one attached hydrogen (secondary N) is 1.